The van der Waals surface area contributed by atoms with Crippen molar-refractivity contribution in [3.63, 3.8) is 0 Å². The number of amides is 3. The molecule has 0 aromatic rings. The van der Waals surface area contributed by atoms with Crippen LogP contribution in [0, 0.1) is 0 Å². The van der Waals surface area contributed by atoms with E-state index < -0.39 is 17.5 Å². The van der Waals surface area contributed by atoms with Gasteiger partial charge in [0, 0.05) is 46.1 Å². The molecule has 0 unspecified atom stereocenters. The van der Waals surface area contributed by atoms with Gasteiger partial charge in [0.2, 0.25) is 5.91 Å². The zero-order valence-corrected chi connectivity index (χ0v) is 10.8. The normalized spacial score (nSPS) is 17.3. The number of carbonyl (C=O) groups excluding carboxylic acids is 2. The molecule has 3 amide bonds. The van der Waals surface area contributed by atoms with Gasteiger partial charge in [-0.3, -0.25) is 4.79 Å². The van der Waals surface area contributed by atoms with E-state index in [1.165, 1.54) is 6.92 Å². The molecule has 8 heteroatoms. The molecule has 0 bridgehead atoms. The second kappa shape index (κ2) is 6.93. The van der Waals surface area contributed by atoms with Gasteiger partial charge in [-0.25, -0.2) is 9.59 Å². The molecule has 0 atom stereocenters. The molecule has 108 valence electrons. The van der Waals surface area contributed by atoms with Crippen LogP contribution in [0.4, 0.5) is 4.79 Å². The van der Waals surface area contributed by atoms with Crippen LogP contribution in [0.25, 0.3) is 0 Å². The number of aliphatic carboxylic acids is 1. The molecule has 0 spiro atoms. The van der Waals surface area contributed by atoms with Gasteiger partial charge in [0.25, 0.3) is 0 Å². The Morgan fingerprint density at radius 3 is 2.26 bits per heavy atom. The summed E-state index contributed by atoms with van der Waals surface area (Å²) in [5.41, 5.74) is -1.27. The van der Waals surface area contributed by atoms with E-state index >= 15 is 0 Å². The summed E-state index contributed by atoms with van der Waals surface area (Å²) in [6.07, 6.45) is 0.475. The maximum Gasteiger partial charge on any atom is 0.329 e. The summed E-state index contributed by atoms with van der Waals surface area (Å²) in [7, 11) is 0. The van der Waals surface area contributed by atoms with E-state index in [1.54, 1.807) is 0 Å². The quantitative estimate of drug-likeness (QED) is 0.482. The summed E-state index contributed by atoms with van der Waals surface area (Å²) in [5.74, 6) is -1.25. The number of hydrogen-bond acceptors (Lipinski definition) is 4. The Labute approximate surface area is 110 Å². The lowest BCUT2D eigenvalue weighted by atomic mass is 9.90. The molecule has 0 saturated carbocycles. The van der Waals surface area contributed by atoms with Gasteiger partial charge in [-0.15, -0.1) is 0 Å². The first-order valence-corrected chi connectivity index (χ1v) is 6.08. The molecule has 1 fully saturated rings. The van der Waals surface area contributed by atoms with E-state index in [0.29, 0.717) is 19.8 Å². The number of rotatable bonds is 5. The zero-order chi connectivity index (χ0) is 14.3. The van der Waals surface area contributed by atoms with Crippen LogP contribution in [0.2, 0.25) is 0 Å². The van der Waals surface area contributed by atoms with E-state index in [-0.39, 0.29) is 25.3 Å². The maximum atomic E-state index is 11.6. The molecule has 0 aromatic heterocycles. The van der Waals surface area contributed by atoms with Crippen molar-refractivity contribution >= 4 is 17.9 Å². The third-order valence-electron chi connectivity index (χ3n) is 2.89. The average molecular weight is 273 g/mol. The maximum absolute atomic E-state index is 11.6. The van der Waals surface area contributed by atoms with E-state index in [4.69, 9.17) is 4.74 Å². The van der Waals surface area contributed by atoms with Crippen molar-refractivity contribution in [2.24, 2.45) is 0 Å². The minimum atomic E-state index is -1.27. The van der Waals surface area contributed by atoms with Crippen LogP contribution in [0.1, 0.15) is 19.8 Å². The Kier molecular flexibility index (Phi) is 5.56. The fourth-order valence-corrected chi connectivity index (χ4v) is 1.79. The van der Waals surface area contributed by atoms with Crippen LogP contribution in [0.3, 0.4) is 0 Å². The largest absolute Gasteiger partial charge is 0.480 e. The Morgan fingerprint density at radius 2 is 1.74 bits per heavy atom. The van der Waals surface area contributed by atoms with E-state index in [0.717, 1.165) is 0 Å². The molecule has 8 nitrogen and oxygen atoms in total. The van der Waals surface area contributed by atoms with Crippen molar-refractivity contribution in [2.75, 3.05) is 26.3 Å². The van der Waals surface area contributed by atoms with Gasteiger partial charge in [0.15, 0.2) is 0 Å². The van der Waals surface area contributed by atoms with Gasteiger partial charge < -0.3 is 25.8 Å². The van der Waals surface area contributed by atoms with Crippen molar-refractivity contribution in [1.82, 2.24) is 16.0 Å². The molecular weight excluding hydrogens is 254 g/mol. The van der Waals surface area contributed by atoms with Gasteiger partial charge in [0.1, 0.15) is 5.54 Å². The smallest absolute Gasteiger partial charge is 0.329 e. The summed E-state index contributed by atoms with van der Waals surface area (Å²) in [5, 5.41) is 16.7. The van der Waals surface area contributed by atoms with E-state index in [2.05, 4.69) is 16.0 Å². The summed E-state index contributed by atoms with van der Waals surface area (Å²) in [6.45, 7) is 2.52. The van der Waals surface area contributed by atoms with Crippen molar-refractivity contribution in [3.05, 3.63) is 0 Å². The molecule has 1 saturated heterocycles. The number of nitrogens with one attached hydrogen (secondary N) is 3. The summed E-state index contributed by atoms with van der Waals surface area (Å²) < 4.78 is 5.10. The van der Waals surface area contributed by atoms with Gasteiger partial charge in [-0.2, -0.15) is 0 Å². The summed E-state index contributed by atoms with van der Waals surface area (Å²) in [4.78, 5) is 33.5. The highest BCUT2D eigenvalue weighted by molar-refractivity contribution is 5.86. The minimum Gasteiger partial charge on any atom is -0.480 e. The third-order valence-corrected chi connectivity index (χ3v) is 2.89. The highest BCUT2D eigenvalue weighted by atomic mass is 16.5. The Morgan fingerprint density at radius 1 is 1.16 bits per heavy atom. The SMILES string of the molecule is CC(=O)NCCNC(=O)NC1(C(=O)O)CCOCC1. The van der Waals surface area contributed by atoms with E-state index in [1.807, 2.05) is 0 Å². The first-order valence-electron chi connectivity index (χ1n) is 6.08. The first kappa shape index (κ1) is 15.2. The molecule has 0 aliphatic carbocycles. The van der Waals surface area contributed by atoms with Gasteiger partial charge in [-0.1, -0.05) is 0 Å². The number of carboxylic acids is 1. The molecule has 1 heterocycles. The fourth-order valence-electron chi connectivity index (χ4n) is 1.79. The Hall–Kier alpha value is -1.83. The molecule has 0 radical (unpaired) electrons. The topological polar surface area (TPSA) is 117 Å². The van der Waals surface area contributed by atoms with Crippen LogP contribution in [-0.4, -0.2) is 54.9 Å². The zero-order valence-electron chi connectivity index (χ0n) is 10.8. The standard InChI is InChI=1S/C11H19N3O5/c1-8(15)12-4-5-13-10(18)14-11(9(16)17)2-6-19-7-3-11/h2-7H2,1H3,(H,12,15)(H,16,17)(H2,13,14,18). The van der Waals surface area contributed by atoms with Crippen molar-refractivity contribution in [2.45, 2.75) is 25.3 Å². The van der Waals surface area contributed by atoms with Crippen LogP contribution >= 0.6 is 0 Å². The van der Waals surface area contributed by atoms with Crippen LogP contribution in [0.15, 0.2) is 0 Å². The number of urea groups is 1. The van der Waals surface area contributed by atoms with Gasteiger partial charge >= 0.3 is 12.0 Å². The summed E-state index contributed by atoms with van der Waals surface area (Å²) in [6, 6.07) is -0.561. The van der Waals surface area contributed by atoms with Crippen LogP contribution < -0.4 is 16.0 Å². The lowest BCUT2D eigenvalue weighted by Crippen LogP contribution is -2.60. The molecule has 19 heavy (non-hydrogen) atoms. The van der Waals surface area contributed by atoms with Gasteiger partial charge in [0.05, 0.1) is 0 Å². The van der Waals surface area contributed by atoms with Crippen molar-refractivity contribution in [3.8, 4) is 0 Å². The number of carbonyl (C=O) groups is 3. The predicted octanol–water partition coefficient (Wildman–Crippen LogP) is -0.944. The van der Waals surface area contributed by atoms with E-state index in [9.17, 15) is 19.5 Å². The highest BCUT2D eigenvalue weighted by Crippen LogP contribution is 2.20. The van der Waals surface area contributed by atoms with Gasteiger partial charge in [-0.05, 0) is 0 Å². The molecule has 1 aliphatic heterocycles. The molecular formula is C11H19N3O5. The molecule has 0 aromatic carbocycles. The fraction of sp³-hybridized carbons (Fsp3) is 0.727. The second-order valence-corrected chi connectivity index (χ2v) is 4.36. The lowest BCUT2D eigenvalue weighted by Gasteiger charge is -2.33. The lowest BCUT2D eigenvalue weighted by molar-refractivity contribution is -0.148. The third kappa shape index (κ3) is 4.74. The first-order chi connectivity index (χ1) is 8.96. The van der Waals surface area contributed by atoms with Crippen LogP contribution in [0.5, 0.6) is 0 Å². The number of hydrogen-bond donors (Lipinski definition) is 4. The number of ether oxygens (including phenoxy) is 1. The van der Waals surface area contributed by atoms with Crippen molar-refractivity contribution in [1.29, 1.82) is 0 Å². The monoisotopic (exact) mass is 273 g/mol. The number of carboxylic acid groups (broad SMARTS) is 1. The minimum absolute atomic E-state index is 0.186. The van der Waals surface area contributed by atoms with Crippen LogP contribution in [-0.2, 0) is 14.3 Å². The average Bonchev–Trinajstić information content (AvgIpc) is 2.35. The highest BCUT2D eigenvalue weighted by Gasteiger charge is 2.41. The molecule has 4 N–H and O–H groups in total. The predicted molar refractivity (Wildman–Crippen MR) is 65.6 cm³/mol. The Bertz CT molecular complexity index is 352. The van der Waals surface area contributed by atoms with Crippen molar-refractivity contribution < 1.29 is 24.2 Å². The molecule has 1 aliphatic rings. The second-order valence-electron chi connectivity index (χ2n) is 4.36. The summed E-state index contributed by atoms with van der Waals surface area (Å²) >= 11 is 0. The molecule has 1 rings (SSSR count). The Balaban J connectivity index is 2.39.